The van der Waals surface area contributed by atoms with Gasteiger partial charge in [-0.15, -0.1) is 0 Å². The molecule has 0 saturated carbocycles. The number of fused-ring (bicyclic) bond motifs is 1. The van der Waals surface area contributed by atoms with Crippen LogP contribution in [0.3, 0.4) is 0 Å². The van der Waals surface area contributed by atoms with Gasteiger partial charge in [0, 0.05) is 24.7 Å². The highest BCUT2D eigenvalue weighted by molar-refractivity contribution is 6.22. The normalized spacial score (nSPS) is 26.2. The highest BCUT2D eigenvalue weighted by atomic mass is 16.5. The predicted octanol–water partition coefficient (Wildman–Crippen LogP) is 3.66. The first-order chi connectivity index (χ1) is 16.3. The number of hydrogen-bond acceptors (Lipinski definition) is 5. The second-order valence-electron chi connectivity index (χ2n) is 9.33. The van der Waals surface area contributed by atoms with Crippen molar-refractivity contribution in [3.63, 3.8) is 0 Å². The van der Waals surface area contributed by atoms with E-state index < -0.39 is 11.9 Å². The smallest absolute Gasteiger partial charge is 0.316 e. The van der Waals surface area contributed by atoms with Gasteiger partial charge in [0.05, 0.1) is 23.4 Å². The molecule has 7 heteroatoms. The first-order valence-electron chi connectivity index (χ1n) is 11.6. The van der Waals surface area contributed by atoms with Gasteiger partial charge in [-0.3, -0.25) is 19.2 Å². The third-order valence-electron chi connectivity index (χ3n) is 6.94. The molecule has 7 nitrogen and oxygen atoms in total. The summed E-state index contributed by atoms with van der Waals surface area (Å²) in [5, 5.41) is 0. The number of carbonyl (C=O) groups is 4. The van der Waals surface area contributed by atoms with Crippen LogP contribution < -0.4 is 14.5 Å². The molecular formula is C27H26N2O5. The van der Waals surface area contributed by atoms with Crippen molar-refractivity contribution in [3.8, 4) is 5.75 Å². The number of allylic oxidation sites excluding steroid dienone is 2. The minimum absolute atomic E-state index is 0.00235. The van der Waals surface area contributed by atoms with Crippen LogP contribution in [-0.4, -0.2) is 30.2 Å². The summed E-state index contributed by atoms with van der Waals surface area (Å²) < 4.78 is 5.59. The summed E-state index contributed by atoms with van der Waals surface area (Å²) >= 11 is 0. The highest BCUT2D eigenvalue weighted by Crippen LogP contribution is 2.41. The SMILES string of the molecule is Cc1cccc(N2C[C@@H](C(=O)Oc3cccc(N4C(=O)[C@@H]5[C@H](CC=C[C@@H]5C)C4=O)c3)CC2=O)c1. The van der Waals surface area contributed by atoms with Gasteiger partial charge >= 0.3 is 5.97 Å². The molecule has 2 saturated heterocycles. The van der Waals surface area contributed by atoms with Gasteiger partial charge in [-0.25, -0.2) is 4.90 Å². The van der Waals surface area contributed by atoms with Crippen LogP contribution in [0.2, 0.25) is 0 Å². The molecule has 0 unspecified atom stereocenters. The maximum Gasteiger partial charge on any atom is 0.316 e. The van der Waals surface area contributed by atoms with Crippen molar-refractivity contribution >= 4 is 35.1 Å². The number of aryl methyl sites for hydroxylation is 1. The van der Waals surface area contributed by atoms with Crippen LogP contribution in [-0.2, 0) is 19.2 Å². The van der Waals surface area contributed by atoms with Crippen LogP contribution in [0.1, 0.15) is 25.3 Å². The van der Waals surface area contributed by atoms with Crippen molar-refractivity contribution < 1.29 is 23.9 Å². The summed E-state index contributed by atoms with van der Waals surface area (Å²) in [4.78, 5) is 54.3. The van der Waals surface area contributed by atoms with Crippen LogP contribution in [0.5, 0.6) is 5.75 Å². The molecule has 2 aromatic carbocycles. The lowest BCUT2D eigenvalue weighted by atomic mass is 9.78. The molecule has 2 aromatic rings. The zero-order valence-corrected chi connectivity index (χ0v) is 19.1. The number of esters is 1. The molecule has 0 spiro atoms. The van der Waals surface area contributed by atoms with Crippen molar-refractivity contribution in [2.45, 2.75) is 26.7 Å². The average molecular weight is 459 g/mol. The summed E-state index contributed by atoms with van der Waals surface area (Å²) in [5.74, 6) is -2.14. The molecule has 2 aliphatic heterocycles. The molecule has 0 N–H and O–H groups in total. The van der Waals surface area contributed by atoms with E-state index >= 15 is 0 Å². The molecule has 1 aliphatic carbocycles. The first kappa shape index (κ1) is 22.1. The van der Waals surface area contributed by atoms with E-state index in [1.54, 1.807) is 23.1 Å². The summed E-state index contributed by atoms with van der Waals surface area (Å²) in [6, 6.07) is 14.1. The van der Waals surface area contributed by atoms with Crippen LogP contribution in [0, 0.1) is 30.6 Å². The largest absolute Gasteiger partial charge is 0.426 e. The van der Waals surface area contributed by atoms with E-state index in [4.69, 9.17) is 4.74 Å². The first-order valence-corrected chi connectivity index (χ1v) is 11.6. The van der Waals surface area contributed by atoms with E-state index in [1.165, 1.54) is 11.0 Å². The molecular weight excluding hydrogens is 432 g/mol. The second kappa shape index (κ2) is 8.56. The molecule has 4 atom stereocenters. The number of carbonyl (C=O) groups excluding carboxylic acids is 4. The van der Waals surface area contributed by atoms with E-state index in [0.29, 0.717) is 12.1 Å². The average Bonchev–Trinajstić information content (AvgIpc) is 3.32. The van der Waals surface area contributed by atoms with Gasteiger partial charge in [-0.05, 0) is 49.1 Å². The number of anilines is 2. The monoisotopic (exact) mass is 458 g/mol. The van der Waals surface area contributed by atoms with Crippen LogP contribution in [0.15, 0.2) is 60.7 Å². The Hall–Kier alpha value is -3.74. The molecule has 0 aromatic heterocycles. The highest BCUT2D eigenvalue weighted by Gasteiger charge is 2.50. The van der Waals surface area contributed by atoms with Crippen molar-refractivity contribution in [1.29, 1.82) is 0 Å². The van der Waals surface area contributed by atoms with E-state index in [1.807, 2.05) is 50.3 Å². The van der Waals surface area contributed by atoms with E-state index in [0.717, 1.165) is 11.3 Å². The quantitative estimate of drug-likeness (QED) is 0.302. The van der Waals surface area contributed by atoms with Crippen molar-refractivity contribution in [1.82, 2.24) is 0 Å². The number of imide groups is 1. The lowest BCUT2D eigenvalue weighted by Crippen LogP contribution is -2.31. The summed E-state index contributed by atoms with van der Waals surface area (Å²) in [6.07, 6.45) is 4.57. The molecule has 2 heterocycles. The lowest BCUT2D eigenvalue weighted by molar-refractivity contribution is -0.139. The van der Waals surface area contributed by atoms with Gasteiger partial charge in [-0.1, -0.05) is 37.3 Å². The lowest BCUT2D eigenvalue weighted by Gasteiger charge is -2.22. The van der Waals surface area contributed by atoms with Crippen LogP contribution >= 0.6 is 0 Å². The molecule has 5 rings (SSSR count). The molecule has 0 bridgehead atoms. The van der Waals surface area contributed by atoms with Gasteiger partial charge < -0.3 is 9.64 Å². The minimum Gasteiger partial charge on any atom is -0.426 e. The number of ether oxygens (including phenoxy) is 1. The Kier molecular flexibility index (Phi) is 5.55. The van der Waals surface area contributed by atoms with Gasteiger partial charge in [0.1, 0.15) is 5.75 Å². The molecule has 0 radical (unpaired) electrons. The van der Waals surface area contributed by atoms with Crippen LogP contribution in [0.25, 0.3) is 0 Å². The summed E-state index contributed by atoms with van der Waals surface area (Å²) in [5.41, 5.74) is 2.19. The van der Waals surface area contributed by atoms with Crippen molar-refractivity contribution in [2.75, 3.05) is 16.3 Å². The number of benzene rings is 2. The molecule has 3 aliphatic rings. The number of rotatable bonds is 4. The summed E-state index contributed by atoms with van der Waals surface area (Å²) in [7, 11) is 0. The van der Waals surface area contributed by atoms with Gasteiger partial charge in [0.15, 0.2) is 0 Å². The Labute approximate surface area is 198 Å². The van der Waals surface area contributed by atoms with E-state index in [9.17, 15) is 19.2 Å². The zero-order chi connectivity index (χ0) is 24.0. The fraction of sp³-hybridized carbons (Fsp3) is 0.333. The number of hydrogen-bond donors (Lipinski definition) is 0. The molecule has 174 valence electrons. The second-order valence-corrected chi connectivity index (χ2v) is 9.33. The molecule has 3 amide bonds. The van der Waals surface area contributed by atoms with Crippen molar-refractivity contribution in [2.24, 2.45) is 23.7 Å². The molecule has 2 fully saturated rings. The van der Waals surface area contributed by atoms with Crippen LogP contribution in [0.4, 0.5) is 11.4 Å². The summed E-state index contributed by atoms with van der Waals surface area (Å²) in [6.45, 7) is 4.14. The van der Waals surface area contributed by atoms with Gasteiger partial charge in [0.25, 0.3) is 0 Å². The van der Waals surface area contributed by atoms with Crippen molar-refractivity contribution in [3.05, 3.63) is 66.2 Å². The van der Waals surface area contributed by atoms with E-state index in [-0.39, 0.29) is 54.2 Å². The Morgan fingerprint density at radius 1 is 1.00 bits per heavy atom. The number of amides is 3. The fourth-order valence-corrected chi connectivity index (χ4v) is 5.20. The molecule has 34 heavy (non-hydrogen) atoms. The Morgan fingerprint density at radius 3 is 2.53 bits per heavy atom. The standard InChI is InChI=1S/C27H26N2O5/c1-16-6-3-8-19(12-16)28-15-18(13-23(28)30)27(33)34-21-10-5-9-20(14-21)29-25(31)22-11-4-7-17(2)24(22)26(29)32/h3-10,12,14,17-18,22,24H,11,13,15H2,1-2H3/t17-,18-,22-,24-/m0/s1. The minimum atomic E-state index is -0.596. The van der Waals surface area contributed by atoms with Gasteiger partial charge in [-0.2, -0.15) is 0 Å². The zero-order valence-electron chi connectivity index (χ0n) is 19.1. The number of nitrogens with zero attached hydrogens (tertiary/aromatic N) is 2. The predicted molar refractivity (Wildman–Crippen MR) is 126 cm³/mol. The maximum absolute atomic E-state index is 13.1. The van der Waals surface area contributed by atoms with Gasteiger partial charge in [0.2, 0.25) is 17.7 Å². The maximum atomic E-state index is 13.1. The Morgan fingerprint density at radius 2 is 1.76 bits per heavy atom. The Balaban J connectivity index is 1.30. The topological polar surface area (TPSA) is 84.0 Å². The van der Waals surface area contributed by atoms with E-state index in [2.05, 4.69) is 0 Å². The fourth-order valence-electron chi connectivity index (χ4n) is 5.20. The third-order valence-corrected chi connectivity index (χ3v) is 6.94. The Bertz CT molecular complexity index is 1220. The third kappa shape index (κ3) is 3.81.